The Kier molecular flexibility index (Phi) is 2.78. The molecule has 0 atom stereocenters. The molecule has 2 N–H and O–H groups in total. The van der Waals surface area contributed by atoms with Crippen LogP contribution in [0.5, 0.6) is 0 Å². The van der Waals surface area contributed by atoms with Crippen LogP contribution >= 0.6 is 0 Å². The number of rotatable bonds is 3. The molecule has 0 fully saturated rings. The number of carbonyl (C=O) groups is 2. The van der Waals surface area contributed by atoms with Crippen molar-refractivity contribution >= 4 is 17.5 Å². The number of imide groups is 1. The summed E-state index contributed by atoms with van der Waals surface area (Å²) in [7, 11) is 1.49. The van der Waals surface area contributed by atoms with Gasteiger partial charge in [-0.05, 0) is 25.1 Å². The molecule has 102 valence electrons. The Labute approximate surface area is 115 Å². The van der Waals surface area contributed by atoms with Crippen LogP contribution in [0, 0.1) is 6.92 Å². The van der Waals surface area contributed by atoms with Crippen molar-refractivity contribution in [2.45, 2.75) is 13.5 Å². The van der Waals surface area contributed by atoms with Crippen molar-refractivity contribution in [2.75, 3.05) is 12.4 Å². The summed E-state index contributed by atoms with van der Waals surface area (Å²) in [5, 5.41) is 3.20. The highest BCUT2D eigenvalue weighted by Gasteiger charge is 2.32. The first-order valence-electron chi connectivity index (χ1n) is 6.27. The number of hydrogen-bond donors (Lipinski definition) is 2. The molecule has 1 aromatic heterocycles. The summed E-state index contributed by atoms with van der Waals surface area (Å²) in [6, 6.07) is 5.19. The number of hydrogen-bond acceptors (Lipinski definition) is 4. The minimum Gasteiger partial charge on any atom is -0.379 e. The maximum absolute atomic E-state index is 11.9. The average molecular weight is 270 g/mol. The third-order valence-corrected chi connectivity index (χ3v) is 3.33. The summed E-state index contributed by atoms with van der Waals surface area (Å²) < 4.78 is 0. The van der Waals surface area contributed by atoms with Gasteiger partial charge in [0.15, 0.2) is 0 Å². The van der Waals surface area contributed by atoms with Gasteiger partial charge < -0.3 is 10.3 Å². The molecule has 0 bridgehead atoms. The fraction of sp³-hybridized carbons (Fsp3) is 0.214. The van der Waals surface area contributed by atoms with Gasteiger partial charge in [0.1, 0.15) is 5.82 Å². The zero-order chi connectivity index (χ0) is 14.3. The van der Waals surface area contributed by atoms with Gasteiger partial charge >= 0.3 is 0 Å². The fourth-order valence-electron chi connectivity index (χ4n) is 2.23. The Bertz CT molecular complexity index is 705. The third-order valence-electron chi connectivity index (χ3n) is 3.33. The smallest absolute Gasteiger partial charge is 0.261 e. The first-order chi connectivity index (χ1) is 9.56. The minimum atomic E-state index is -0.258. The van der Waals surface area contributed by atoms with Crippen LogP contribution in [0.2, 0.25) is 0 Å². The van der Waals surface area contributed by atoms with Crippen LogP contribution in [0.4, 0.5) is 5.69 Å². The third kappa shape index (κ3) is 1.95. The molecule has 2 amide bonds. The van der Waals surface area contributed by atoms with Gasteiger partial charge in [-0.25, -0.2) is 4.98 Å². The molecule has 1 aromatic carbocycles. The van der Waals surface area contributed by atoms with Gasteiger partial charge in [-0.1, -0.05) is 0 Å². The van der Waals surface area contributed by atoms with Crippen LogP contribution in [-0.4, -0.2) is 33.7 Å². The molecule has 0 radical (unpaired) electrons. The molecule has 6 nitrogen and oxygen atoms in total. The van der Waals surface area contributed by atoms with Crippen molar-refractivity contribution in [3.05, 3.63) is 47.0 Å². The summed E-state index contributed by atoms with van der Waals surface area (Å²) in [5.41, 5.74) is 2.67. The van der Waals surface area contributed by atoms with Gasteiger partial charge in [-0.15, -0.1) is 0 Å². The quantitative estimate of drug-likeness (QED) is 0.830. The molecule has 3 rings (SSSR count). The molecule has 1 aliphatic heterocycles. The second kappa shape index (κ2) is 4.48. The number of fused-ring (bicyclic) bond motifs is 1. The topological polar surface area (TPSA) is 78.1 Å². The lowest BCUT2D eigenvalue weighted by Crippen LogP contribution is -2.24. The molecule has 0 saturated heterocycles. The monoisotopic (exact) mass is 270 g/mol. The number of amides is 2. The van der Waals surface area contributed by atoms with Crippen LogP contribution in [0.1, 0.15) is 32.2 Å². The molecular formula is C14H14N4O2. The molecule has 0 aliphatic carbocycles. The standard InChI is InChI=1S/C14H14N4O2/c1-8-15-6-10(17-8)7-16-9-3-4-11-12(5-9)14(20)18(2)13(11)19/h3-6,16H,7H2,1-2H3,(H,15,17). The van der Waals surface area contributed by atoms with Gasteiger partial charge in [-0.3, -0.25) is 14.5 Å². The van der Waals surface area contributed by atoms with E-state index in [9.17, 15) is 9.59 Å². The molecule has 1 aliphatic rings. The van der Waals surface area contributed by atoms with Crippen LogP contribution in [0.3, 0.4) is 0 Å². The largest absolute Gasteiger partial charge is 0.379 e. The predicted molar refractivity (Wildman–Crippen MR) is 73.5 cm³/mol. The number of benzene rings is 1. The summed E-state index contributed by atoms with van der Waals surface area (Å²) in [5.74, 6) is 0.352. The van der Waals surface area contributed by atoms with Gasteiger partial charge in [0, 0.05) is 12.7 Å². The van der Waals surface area contributed by atoms with E-state index in [0.717, 1.165) is 22.1 Å². The minimum absolute atomic E-state index is 0.249. The van der Waals surface area contributed by atoms with Crippen molar-refractivity contribution < 1.29 is 9.59 Å². The van der Waals surface area contributed by atoms with E-state index < -0.39 is 0 Å². The normalized spacial score (nSPS) is 13.8. The number of carbonyl (C=O) groups excluding carboxylic acids is 2. The Hall–Kier alpha value is -2.63. The van der Waals surface area contributed by atoms with Crippen molar-refractivity contribution in [2.24, 2.45) is 0 Å². The highest BCUT2D eigenvalue weighted by molar-refractivity contribution is 6.21. The maximum Gasteiger partial charge on any atom is 0.261 e. The van der Waals surface area contributed by atoms with E-state index in [-0.39, 0.29) is 11.8 Å². The molecule has 20 heavy (non-hydrogen) atoms. The maximum atomic E-state index is 11.9. The van der Waals surface area contributed by atoms with Crippen molar-refractivity contribution in [1.29, 1.82) is 0 Å². The number of H-pyrrole nitrogens is 1. The Morgan fingerprint density at radius 1 is 1.25 bits per heavy atom. The van der Waals surface area contributed by atoms with E-state index in [4.69, 9.17) is 0 Å². The molecule has 2 aromatic rings. The van der Waals surface area contributed by atoms with Crippen LogP contribution in [0.15, 0.2) is 24.4 Å². The van der Waals surface area contributed by atoms with E-state index >= 15 is 0 Å². The Balaban J connectivity index is 1.80. The number of nitrogens with zero attached hydrogens (tertiary/aromatic N) is 2. The van der Waals surface area contributed by atoms with E-state index in [1.165, 1.54) is 7.05 Å². The zero-order valence-electron chi connectivity index (χ0n) is 11.2. The Morgan fingerprint density at radius 2 is 2.00 bits per heavy atom. The van der Waals surface area contributed by atoms with Crippen LogP contribution in [0.25, 0.3) is 0 Å². The van der Waals surface area contributed by atoms with Crippen molar-refractivity contribution in [3.63, 3.8) is 0 Å². The van der Waals surface area contributed by atoms with E-state index in [0.29, 0.717) is 17.7 Å². The summed E-state index contributed by atoms with van der Waals surface area (Å²) >= 11 is 0. The SMILES string of the molecule is Cc1ncc(CNc2ccc3c(c2)C(=O)N(C)C3=O)[nH]1. The molecule has 6 heteroatoms. The number of nitrogens with one attached hydrogen (secondary N) is 2. The molecular weight excluding hydrogens is 256 g/mol. The number of imidazole rings is 1. The summed E-state index contributed by atoms with van der Waals surface area (Å²) in [6.45, 7) is 2.47. The lowest BCUT2D eigenvalue weighted by atomic mass is 10.1. The second-order valence-corrected chi connectivity index (χ2v) is 4.78. The predicted octanol–water partition coefficient (Wildman–Crippen LogP) is 1.56. The second-order valence-electron chi connectivity index (χ2n) is 4.78. The van der Waals surface area contributed by atoms with Crippen LogP contribution in [-0.2, 0) is 6.54 Å². The fourth-order valence-corrected chi connectivity index (χ4v) is 2.23. The average Bonchev–Trinajstić information content (AvgIpc) is 2.95. The van der Waals surface area contributed by atoms with E-state index in [1.807, 2.05) is 6.92 Å². The number of aryl methyl sites for hydroxylation is 1. The number of anilines is 1. The molecule has 0 saturated carbocycles. The van der Waals surface area contributed by atoms with Gasteiger partial charge in [0.2, 0.25) is 0 Å². The Morgan fingerprint density at radius 3 is 2.70 bits per heavy atom. The summed E-state index contributed by atoms with van der Waals surface area (Å²) in [4.78, 5) is 32.0. The highest BCUT2D eigenvalue weighted by Crippen LogP contribution is 2.24. The molecule has 0 unspecified atom stereocenters. The first kappa shape index (κ1) is 12.4. The first-order valence-corrected chi connectivity index (χ1v) is 6.27. The van der Waals surface area contributed by atoms with Gasteiger partial charge in [0.25, 0.3) is 11.8 Å². The van der Waals surface area contributed by atoms with E-state index in [2.05, 4.69) is 15.3 Å². The van der Waals surface area contributed by atoms with Crippen molar-refractivity contribution in [1.82, 2.24) is 14.9 Å². The number of aromatic nitrogens is 2. The van der Waals surface area contributed by atoms with E-state index in [1.54, 1.807) is 24.4 Å². The lowest BCUT2D eigenvalue weighted by Gasteiger charge is -2.05. The zero-order valence-corrected chi connectivity index (χ0v) is 11.2. The molecule has 0 spiro atoms. The van der Waals surface area contributed by atoms with Gasteiger partial charge in [-0.2, -0.15) is 0 Å². The molecule has 2 heterocycles. The summed E-state index contributed by atoms with van der Waals surface area (Å²) in [6.07, 6.45) is 1.76. The van der Waals surface area contributed by atoms with Gasteiger partial charge in [0.05, 0.1) is 29.6 Å². The van der Waals surface area contributed by atoms with Crippen molar-refractivity contribution in [3.8, 4) is 0 Å². The number of aromatic amines is 1. The van der Waals surface area contributed by atoms with Crippen LogP contribution < -0.4 is 5.32 Å². The lowest BCUT2D eigenvalue weighted by molar-refractivity contribution is 0.0693. The highest BCUT2D eigenvalue weighted by atomic mass is 16.2.